The monoisotopic (exact) mass is 442 g/mol. The van der Waals surface area contributed by atoms with Gasteiger partial charge < -0.3 is 0 Å². The van der Waals surface area contributed by atoms with Crippen LogP contribution in [0.15, 0.2) is 115 Å². The van der Waals surface area contributed by atoms with E-state index in [0.717, 1.165) is 27.2 Å². The summed E-state index contributed by atoms with van der Waals surface area (Å²) in [7, 11) is 1.66. The van der Waals surface area contributed by atoms with Crippen LogP contribution in [0.4, 0.5) is 0 Å². The first-order valence-corrected chi connectivity index (χ1v) is 12.9. The summed E-state index contributed by atoms with van der Waals surface area (Å²) in [6, 6.07) is 38.6. The van der Waals surface area contributed by atoms with Crippen LogP contribution in [-0.2, 0) is 15.5 Å². The molecule has 162 valence electrons. The quantitative estimate of drug-likeness (QED) is 0.369. The second-order valence-electron chi connectivity index (χ2n) is 7.81. The van der Waals surface area contributed by atoms with Gasteiger partial charge in [-0.05, 0) is 0 Å². The van der Waals surface area contributed by atoms with Gasteiger partial charge in [-0.3, -0.25) is 0 Å². The van der Waals surface area contributed by atoms with E-state index in [-0.39, 0.29) is 5.97 Å². The summed E-state index contributed by atoms with van der Waals surface area (Å²) >= 11 is 0. The van der Waals surface area contributed by atoms with Crippen molar-refractivity contribution < 1.29 is 14.1 Å². The van der Waals surface area contributed by atoms with Gasteiger partial charge in [-0.25, -0.2) is 0 Å². The van der Waals surface area contributed by atoms with Crippen LogP contribution in [0, 0.1) is 0 Å². The van der Waals surface area contributed by atoms with E-state index in [0.29, 0.717) is 6.16 Å². The molecule has 0 fully saturated rings. The molecule has 4 aromatic carbocycles. The number of hydrogen-bond acceptors (Lipinski definition) is 3. The molecule has 0 aliphatic heterocycles. The van der Waals surface area contributed by atoms with Crippen LogP contribution >= 0.6 is 6.83 Å². The van der Waals surface area contributed by atoms with Gasteiger partial charge in [-0.2, -0.15) is 0 Å². The third-order valence-corrected chi connectivity index (χ3v) is 11.7. The van der Waals surface area contributed by atoms with Crippen molar-refractivity contribution in [3.05, 3.63) is 121 Å². The third kappa shape index (κ3) is 3.70. The summed E-state index contributed by atoms with van der Waals surface area (Å²) in [5.41, 5.74) is 1.07. The van der Waals surface area contributed by atoms with Crippen LogP contribution in [-0.4, -0.2) is 13.1 Å². The van der Waals surface area contributed by atoms with Gasteiger partial charge in [-0.15, -0.1) is 0 Å². The first-order chi connectivity index (χ1) is 15.6. The number of hydrogen-bond donors (Lipinski definition) is 0. The molecular formula is C28H27O3P. The van der Waals surface area contributed by atoms with Crippen molar-refractivity contribution in [2.75, 3.05) is 7.11 Å². The molecule has 0 atom stereocenters. The molecule has 0 aliphatic carbocycles. The van der Waals surface area contributed by atoms with E-state index in [1.807, 2.05) is 66.7 Å². The summed E-state index contributed by atoms with van der Waals surface area (Å²) in [6.45, 7) is -2.22. The number of ether oxygens (including phenoxy) is 1. The minimum absolute atomic E-state index is 0.298. The molecule has 0 spiro atoms. The number of methoxy groups -OCH3 is 1. The van der Waals surface area contributed by atoms with Gasteiger partial charge in [0.2, 0.25) is 0 Å². The number of rotatable bonds is 7. The first-order valence-electron chi connectivity index (χ1n) is 10.6. The van der Waals surface area contributed by atoms with Crippen molar-refractivity contribution in [3.8, 4) is 5.75 Å². The predicted octanol–water partition coefficient (Wildman–Crippen LogP) is 5.20. The molecule has 0 radical (unpaired) electrons. The Morgan fingerprint density at radius 2 is 1.06 bits per heavy atom. The molecule has 4 heteroatoms. The second kappa shape index (κ2) is 8.98. The minimum atomic E-state index is -3.72. The molecule has 0 heterocycles. The Balaban J connectivity index is 2.14. The normalized spacial score (nSPS) is 12.4. The van der Waals surface area contributed by atoms with Crippen LogP contribution in [0.5, 0.6) is 5.75 Å². The Kier molecular flexibility index (Phi) is 6.12. The van der Waals surface area contributed by atoms with Crippen LogP contribution in [0.25, 0.3) is 0 Å². The summed E-state index contributed by atoms with van der Waals surface area (Å²) in [5, 5.41) is 3.05. The zero-order valence-electron chi connectivity index (χ0n) is 18.3. The fraction of sp³-hybridized carbons (Fsp3) is 0.107. The fourth-order valence-electron chi connectivity index (χ4n) is 4.50. The van der Waals surface area contributed by atoms with Gasteiger partial charge in [0.05, 0.1) is 0 Å². The van der Waals surface area contributed by atoms with Crippen molar-refractivity contribution in [3.63, 3.8) is 0 Å². The topological polar surface area (TPSA) is 35.5 Å². The van der Waals surface area contributed by atoms with Crippen molar-refractivity contribution in [1.82, 2.24) is 0 Å². The first kappa shape index (κ1) is 21.8. The van der Waals surface area contributed by atoms with Crippen molar-refractivity contribution in [2.45, 2.75) is 13.1 Å². The Labute approximate surface area is 189 Å². The standard InChI is InChI=1S/C28H27O3P/c1-23(29)31-32(26-12-6-3-7-13-26,27-14-8-4-9-15-27,28-16-10-5-11-17-28)22-24-18-20-25(30-2)21-19-24/h3-21H,22H2,1-2H3. The summed E-state index contributed by atoms with van der Waals surface area (Å²) in [6.07, 6.45) is 0.549. The van der Waals surface area contributed by atoms with Crippen molar-refractivity contribution >= 4 is 28.7 Å². The number of carbonyl (C=O) groups excluding carboxylic acids is 1. The van der Waals surface area contributed by atoms with Gasteiger partial charge in [-0.1, -0.05) is 0 Å². The van der Waals surface area contributed by atoms with E-state index in [1.54, 1.807) is 7.11 Å². The van der Waals surface area contributed by atoms with Crippen LogP contribution in [0.2, 0.25) is 0 Å². The molecule has 0 N–H and O–H groups in total. The Hall–Kier alpha value is -3.42. The van der Waals surface area contributed by atoms with Crippen LogP contribution in [0.3, 0.4) is 0 Å². The van der Waals surface area contributed by atoms with E-state index < -0.39 is 6.83 Å². The molecule has 0 aromatic heterocycles. The van der Waals surface area contributed by atoms with E-state index >= 15 is 0 Å². The van der Waals surface area contributed by atoms with E-state index in [2.05, 4.69) is 48.5 Å². The zero-order chi connectivity index (χ0) is 22.5. The molecule has 0 unspecified atom stereocenters. The number of carbonyl (C=O) groups is 1. The molecule has 32 heavy (non-hydrogen) atoms. The predicted molar refractivity (Wildman–Crippen MR) is 134 cm³/mol. The molecule has 0 amide bonds. The SMILES string of the molecule is COc1ccc(CP(OC(C)=O)(c2ccccc2)(c2ccccc2)c2ccccc2)cc1. The maximum atomic E-state index is 12.9. The van der Waals surface area contributed by atoms with E-state index in [4.69, 9.17) is 9.26 Å². The van der Waals surface area contributed by atoms with Gasteiger partial charge in [0.15, 0.2) is 0 Å². The Morgan fingerprint density at radius 3 is 1.41 bits per heavy atom. The van der Waals surface area contributed by atoms with Crippen LogP contribution in [0.1, 0.15) is 12.5 Å². The maximum absolute atomic E-state index is 12.9. The van der Waals surface area contributed by atoms with Gasteiger partial charge in [0, 0.05) is 0 Å². The Morgan fingerprint density at radius 1 is 0.656 bits per heavy atom. The molecular weight excluding hydrogens is 415 g/mol. The molecule has 4 rings (SSSR count). The van der Waals surface area contributed by atoms with Gasteiger partial charge in [0.1, 0.15) is 0 Å². The fourth-order valence-corrected chi connectivity index (χ4v) is 10.2. The molecule has 0 aliphatic rings. The summed E-state index contributed by atoms with van der Waals surface area (Å²) in [4.78, 5) is 12.9. The second-order valence-corrected chi connectivity index (χ2v) is 12.3. The van der Waals surface area contributed by atoms with E-state index in [1.165, 1.54) is 6.92 Å². The summed E-state index contributed by atoms with van der Waals surface area (Å²) in [5.74, 6) is 0.494. The third-order valence-electron chi connectivity index (χ3n) is 5.88. The average molecular weight is 442 g/mol. The zero-order valence-corrected chi connectivity index (χ0v) is 19.2. The molecule has 0 saturated heterocycles. The average Bonchev–Trinajstić information content (AvgIpc) is 2.85. The number of benzene rings is 4. The van der Waals surface area contributed by atoms with Gasteiger partial charge in [0.25, 0.3) is 0 Å². The molecule has 3 nitrogen and oxygen atoms in total. The Bertz CT molecular complexity index is 1070. The van der Waals surface area contributed by atoms with Gasteiger partial charge >= 0.3 is 190 Å². The van der Waals surface area contributed by atoms with E-state index in [9.17, 15) is 4.79 Å². The van der Waals surface area contributed by atoms with Crippen LogP contribution < -0.4 is 20.7 Å². The van der Waals surface area contributed by atoms with Crippen molar-refractivity contribution in [1.29, 1.82) is 0 Å². The molecule has 0 bridgehead atoms. The van der Waals surface area contributed by atoms with Crippen molar-refractivity contribution in [2.24, 2.45) is 0 Å². The summed E-state index contributed by atoms with van der Waals surface area (Å²) < 4.78 is 12.1. The molecule has 0 saturated carbocycles. The molecule has 4 aromatic rings.